The molecule has 0 atom stereocenters. The molecule has 0 aliphatic heterocycles. The van der Waals surface area contributed by atoms with E-state index in [1.165, 1.54) is 63.9 Å². The Bertz CT molecular complexity index is 366. The molecule has 0 radical (unpaired) electrons. The first-order valence-electron chi connectivity index (χ1n) is 8.25. The first-order valence-corrected chi connectivity index (χ1v) is 8.25. The fraction of sp³-hybridized carbons (Fsp3) is 0.667. The molecule has 0 aromatic heterocycles. The summed E-state index contributed by atoms with van der Waals surface area (Å²) in [7, 11) is 0. The van der Waals surface area contributed by atoms with Crippen molar-refractivity contribution < 1.29 is 10.2 Å². The molecule has 1 rings (SSSR count). The van der Waals surface area contributed by atoms with Gasteiger partial charge in [-0.3, -0.25) is 0 Å². The van der Waals surface area contributed by atoms with Gasteiger partial charge in [0.15, 0.2) is 0 Å². The number of hydrogen-bond donors (Lipinski definition) is 2. The Morgan fingerprint density at radius 3 is 1.86 bits per heavy atom. The topological polar surface area (TPSA) is 40.5 Å². The van der Waals surface area contributed by atoms with E-state index >= 15 is 0 Å². The third kappa shape index (κ3) is 10.2. The molecule has 0 amide bonds. The van der Waals surface area contributed by atoms with Gasteiger partial charge in [0, 0.05) is 0 Å². The van der Waals surface area contributed by atoms with E-state index in [2.05, 4.69) is 6.92 Å². The van der Waals surface area contributed by atoms with Crippen molar-refractivity contribution in [2.24, 2.45) is 0 Å². The number of benzene rings is 1. The van der Waals surface area contributed by atoms with Crippen molar-refractivity contribution in [1.82, 2.24) is 0 Å². The molecule has 0 unspecified atom stereocenters. The monoisotopic (exact) mass is 302 g/mol. The summed E-state index contributed by atoms with van der Waals surface area (Å²) in [6.45, 7) is 2.25. The zero-order valence-electron chi connectivity index (χ0n) is 12.9. The van der Waals surface area contributed by atoms with Crippen molar-refractivity contribution in [3.8, 4) is 11.5 Å². The maximum atomic E-state index is 9.67. The van der Waals surface area contributed by atoms with Crippen molar-refractivity contribution >= 4 is 29.6 Å². The molecule has 0 heterocycles. The number of rotatable bonds is 11. The van der Waals surface area contributed by atoms with E-state index in [-0.39, 0.29) is 35.3 Å². The second-order valence-corrected chi connectivity index (χ2v) is 5.74. The summed E-state index contributed by atoms with van der Waals surface area (Å²) in [5.74, 6) is 0.545. The van der Waals surface area contributed by atoms with Gasteiger partial charge in [0.25, 0.3) is 0 Å². The van der Waals surface area contributed by atoms with Crippen molar-refractivity contribution in [3.63, 3.8) is 0 Å². The second kappa shape index (κ2) is 13.5. The van der Waals surface area contributed by atoms with Crippen LogP contribution in [0.3, 0.4) is 0 Å². The van der Waals surface area contributed by atoms with Crippen LogP contribution in [0.2, 0.25) is 0 Å². The average Bonchev–Trinajstić information content (AvgIpc) is 2.44. The molecule has 2 N–H and O–H groups in total. The summed E-state index contributed by atoms with van der Waals surface area (Å²) >= 11 is 0. The zero-order valence-corrected chi connectivity index (χ0v) is 12.9. The summed E-state index contributed by atoms with van der Waals surface area (Å²) in [4.78, 5) is 0. The Morgan fingerprint density at radius 2 is 1.29 bits per heavy atom. The first kappa shape index (κ1) is 20.8. The summed E-state index contributed by atoms with van der Waals surface area (Å²) in [6.07, 6.45) is 14.0. The number of phenolic OH excluding ortho intramolecular Hbond substituents is 2. The Hall–Kier alpha value is -0.180. The molecule has 0 fully saturated rings. The van der Waals surface area contributed by atoms with Gasteiger partial charge >= 0.3 is 29.6 Å². The van der Waals surface area contributed by atoms with Gasteiger partial charge in [-0.15, -0.1) is 0 Å². The molecular weight excluding hydrogens is 271 g/mol. The predicted octanol–water partition coefficient (Wildman–Crippen LogP) is 4.91. The third-order valence-corrected chi connectivity index (χ3v) is 3.86. The van der Waals surface area contributed by atoms with E-state index in [0.717, 1.165) is 18.4 Å². The first-order chi connectivity index (χ1) is 9.74. The summed E-state index contributed by atoms with van der Waals surface area (Å²) in [5, 5.41) is 19.1. The van der Waals surface area contributed by atoms with Crippen LogP contribution in [-0.2, 0) is 6.42 Å². The van der Waals surface area contributed by atoms with Crippen LogP contribution in [-0.4, -0.2) is 39.8 Å². The Balaban J connectivity index is 0.00000400. The summed E-state index contributed by atoms with van der Waals surface area (Å²) in [5.41, 5.74) is 0.865. The SMILES string of the molecule is CCCCCCCCCCCCc1cc(O)ccc1O.[NaH]. The minimum absolute atomic E-state index is 0. The Labute approximate surface area is 152 Å². The van der Waals surface area contributed by atoms with Gasteiger partial charge < -0.3 is 10.2 Å². The van der Waals surface area contributed by atoms with E-state index < -0.39 is 0 Å². The van der Waals surface area contributed by atoms with Crippen LogP contribution in [0.5, 0.6) is 11.5 Å². The van der Waals surface area contributed by atoms with Crippen molar-refractivity contribution in [2.45, 2.75) is 77.6 Å². The quantitative estimate of drug-likeness (QED) is 0.346. The van der Waals surface area contributed by atoms with Crippen LogP contribution in [0.25, 0.3) is 0 Å². The zero-order chi connectivity index (χ0) is 14.6. The van der Waals surface area contributed by atoms with Crippen LogP contribution in [0.15, 0.2) is 18.2 Å². The van der Waals surface area contributed by atoms with Crippen molar-refractivity contribution in [3.05, 3.63) is 23.8 Å². The molecule has 2 nitrogen and oxygen atoms in total. The van der Waals surface area contributed by atoms with E-state index in [1.54, 1.807) is 12.1 Å². The third-order valence-electron chi connectivity index (χ3n) is 3.86. The molecule has 3 heteroatoms. The molecule has 0 spiro atoms. The predicted molar refractivity (Wildman–Crippen MR) is 92.5 cm³/mol. The average molecular weight is 302 g/mol. The molecule has 0 saturated carbocycles. The fourth-order valence-corrected chi connectivity index (χ4v) is 2.58. The van der Waals surface area contributed by atoms with Crippen LogP contribution in [0, 0.1) is 0 Å². The van der Waals surface area contributed by atoms with Crippen LogP contribution in [0.4, 0.5) is 0 Å². The van der Waals surface area contributed by atoms with Gasteiger partial charge in [0.1, 0.15) is 11.5 Å². The second-order valence-electron chi connectivity index (χ2n) is 5.74. The van der Waals surface area contributed by atoms with Crippen molar-refractivity contribution in [2.75, 3.05) is 0 Å². The fourth-order valence-electron chi connectivity index (χ4n) is 2.58. The molecule has 116 valence electrons. The number of hydrogen-bond acceptors (Lipinski definition) is 2. The van der Waals surface area contributed by atoms with Crippen LogP contribution >= 0.6 is 0 Å². The van der Waals surface area contributed by atoms with Crippen molar-refractivity contribution in [1.29, 1.82) is 0 Å². The molecular formula is C18H31NaO2. The number of aromatic hydroxyl groups is 2. The molecule has 1 aromatic rings. The number of phenols is 2. The van der Waals surface area contributed by atoms with Gasteiger partial charge in [0.05, 0.1) is 0 Å². The van der Waals surface area contributed by atoms with Crippen LogP contribution in [0.1, 0.15) is 76.7 Å². The number of aryl methyl sites for hydroxylation is 1. The Morgan fingerprint density at radius 1 is 0.762 bits per heavy atom. The van der Waals surface area contributed by atoms with E-state index in [4.69, 9.17) is 0 Å². The Kier molecular flexibility index (Phi) is 13.4. The van der Waals surface area contributed by atoms with Gasteiger partial charge in [-0.05, 0) is 36.6 Å². The van der Waals surface area contributed by atoms with Gasteiger partial charge in [0.2, 0.25) is 0 Å². The van der Waals surface area contributed by atoms with Crippen LogP contribution < -0.4 is 0 Å². The van der Waals surface area contributed by atoms with E-state index in [1.807, 2.05) is 0 Å². The summed E-state index contributed by atoms with van der Waals surface area (Å²) < 4.78 is 0. The molecule has 0 aliphatic carbocycles. The maximum absolute atomic E-state index is 9.67. The molecule has 1 aromatic carbocycles. The normalized spacial score (nSPS) is 10.3. The van der Waals surface area contributed by atoms with Gasteiger partial charge in [-0.1, -0.05) is 64.7 Å². The number of unbranched alkanes of at least 4 members (excludes halogenated alkanes) is 9. The molecule has 0 aliphatic rings. The summed E-state index contributed by atoms with van der Waals surface area (Å²) in [6, 6.07) is 4.77. The van der Waals surface area contributed by atoms with Gasteiger partial charge in [-0.25, -0.2) is 0 Å². The van der Waals surface area contributed by atoms with E-state index in [9.17, 15) is 10.2 Å². The molecule has 0 bridgehead atoms. The molecule has 21 heavy (non-hydrogen) atoms. The molecule has 0 saturated heterocycles. The minimum atomic E-state index is 0. The van der Waals surface area contributed by atoms with Gasteiger partial charge in [-0.2, -0.15) is 0 Å². The standard InChI is InChI=1S/C18H30O2.Na.H/c1-2-3-4-5-6-7-8-9-10-11-12-16-15-17(19)13-14-18(16)20;;/h13-15,19-20H,2-12H2,1H3;;. The van der Waals surface area contributed by atoms with E-state index in [0.29, 0.717) is 5.75 Å².